The summed E-state index contributed by atoms with van der Waals surface area (Å²) in [6.45, 7) is 0. The van der Waals surface area contributed by atoms with Crippen molar-refractivity contribution >= 4 is 30.0 Å². The third-order valence-electron chi connectivity index (χ3n) is 2.84. The molecular weight excluding hydrogens is 256 g/mol. The van der Waals surface area contributed by atoms with Crippen LogP contribution in [-0.2, 0) is 12.8 Å². The lowest BCUT2D eigenvalue weighted by atomic mass is 9.92. The Morgan fingerprint density at radius 3 is 2.71 bits per heavy atom. The second kappa shape index (κ2) is 6.77. The van der Waals surface area contributed by atoms with Gasteiger partial charge in [-0.05, 0) is 48.9 Å². The zero-order valence-corrected chi connectivity index (χ0v) is 11.2. The third-order valence-corrected chi connectivity index (χ3v) is 3.86. The molecule has 0 radical (unpaired) electrons. The molecule has 0 saturated heterocycles. The van der Waals surface area contributed by atoms with Gasteiger partial charge in [-0.2, -0.15) is 0 Å². The van der Waals surface area contributed by atoms with Gasteiger partial charge in [-0.25, -0.2) is 0 Å². The number of fused-ring (bicyclic) bond motifs is 1. The first kappa shape index (κ1) is 14.2. The van der Waals surface area contributed by atoms with Crippen molar-refractivity contribution in [3.05, 3.63) is 29.3 Å². The molecule has 0 amide bonds. The molecule has 1 aliphatic carbocycles. The molecule has 0 atom stereocenters. The predicted molar refractivity (Wildman–Crippen MR) is 74.5 cm³/mol. The van der Waals surface area contributed by atoms with Crippen LogP contribution >= 0.6 is 24.2 Å². The molecule has 2 rings (SSSR count). The molecule has 0 saturated carbocycles. The maximum atomic E-state index is 8.45. The lowest BCUT2D eigenvalue weighted by Gasteiger charge is -2.16. The molecule has 94 valence electrons. The normalized spacial score (nSPS) is 14.9. The van der Waals surface area contributed by atoms with Crippen molar-refractivity contribution < 1.29 is 5.21 Å². The van der Waals surface area contributed by atoms with E-state index < -0.39 is 0 Å². The molecule has 0 spiro atoms. The van der Waals surface area contributed by atoms with E-state index in [1.165, 1.54) is 41.7 Å². The topological polar surface area (TPSA) is 58.6 Å². The molecule has 3 N–H and O–H groups in total. The minimum atomic E-state index is 0. The predicted octanol–water partition coefficient (Wildman–Crippen LogP) is 2.83. The number of amidine groups is 1. The van der Waals surface area contributed by atoms with Crippen molar-refractivity contribution in [2.24, 2.45) is 10.9 Å². The number of hydrogen-bond acceptors (Lipinski definition) is 3. The summed E-state index contributed by atoms with van der Waals surface area (Å²) < 4.78 is 0. The number of hydrogen-bond donors (Lipinski definition) is 2. The van der Waals surface area contributed by atoms with Gasteiger partial charge in [0.2, 0.25) is 0 Å². The lowest BCUT2D eigenvalue weighted by molar-refractivity contribution is 0.318. The zero-order valence-electron chi connectivity index (χ0n) is 9.56. The highest BCUT2D eigenvalue weighted by Crippen LogP contribution is 2.26. The Morgan fingerprint density at radius 2 is 2.00 bits per heavy atom. The van der Waals surface area contributed by atoms with Gasteiger partial charge in [0.05, 0.1) is 5.75 Å². The number of oxime groups is 1. The maximum Gasteiger partial charge on any atom is 0.149 e. The summed E-state index contributed by atoms with van der Waals surface area (Å²) in [4.78, 5) is 1.20. The number of nitrogens with zero attached hydrogens (tertiary/aromatic N) is 1. The lowest BCUT2D eigenvalue weighted by Crippen LogP contribution is -2.14. The molecule has 0 aliphatic heterocycles. The van der Waals surface area contributed by atoms with Crippen LogP contribution in [0.4, 0.5) is 0 Å². The van der Waals surface area contributed by atoms with Gasteiger partial charge in [0.25, 0.3) is 0 Å². The van der Waals surface area contributed by atoms with E-state index in [1.807, 2.05) is 0 Å². The molecule has 1 aromatic rings. The van der Waals surface area contributed by atoms with Gasteiger partial charge in [-0.15, -0.1) is 24.2 Å². The van der Waals surface area contributed by atoms with Gasteiger partial charge in [-0.1, -0.05) is 11.2 Å². The largest absolute Gasteiger partial charge is 0.409 e. The standard InChI is InChI=1S/C12H16N2OS.ClH/c13-12(14-15)8-16-11-6-5-9-3-1-2-4-10(9)7-11;/h5-7,15H,1-4,8H2,(H2,13,14);1H. The highest BCUT2D eigenvalue weighted by atomic mass is 35.5. The fraction of sp³-hybridized carbons (Fsp3) is 0.417. The number of nitrogens with two attached hydrogens (primary N) is 1. The van der Waals surface area contributed by atoms with Crippen molar-refractivity contribution in [3.8, 4) is 0 Å². The molecule has 1 aliphatic rings. The van der Waals surface area contributed by atoms with Crippen LogP contribution in [0.5, 0.6) is 0 Å². The van der Waals surface area contributed by atoms with Crippen LogP contribution in [-0.4, -0.2) is 16.8 Å². The molecule has 0 fully saturated rings. The van der Waals surface area contributed by atoms with Gasteiger partial charge < -0.3 is 10.9 Å². The molecule has 0 heterocycles. The summed E-state index contributed by atoms with van der Waals surface area (Å²) in [6.07, 6.45) is 5.00. The van der Waals surface area contributed by atoms with E-state index in [1.54, 1.807) is 11.8 Å². The van der Waals surface area contributed by atoms with Gasteiger partial charge in [0, 0.05) is 4.90 Å². The SMILES string of the molecule is Cl.N/C(CSc1ccc2c(c1)CCCC2)=N/O. The molecular formula is C12H17ClN2OS. The van der Waals surface area contributed by atoms with Gasteiger partial charge in [0.1, 0.15) is 5.84 Å². The quantitative estimate of drug-likeness (QED) is 0.292. The van der Waals surface area contributed by atoms with Crippen LogP contribution in [0, 0.1) is 0 Å². The summed E-state index contributed by atoms with van der Waals surface area (Å²) in [7, 11) is 0. The van der Waals surface area contributed by atoms with E-state index in [9.17, 15) is 0 Å². The van der Waals surface area contributed by atoms with E-state index in [-0.39, 0.29) is 18.2 Å². The van der Waals surface area contributed by atoms with E-state index in [2.05, 4.69) is 23.4 Å². The third kappa shape index (κ3) is 3.82. The number of benzene rings is 1. The van der Waals surface area contributed by atoms with Crippen molar-refractivity contribution in [1.29, 1.82) is 0 Å². The summed E-state index contributed by atoms with van der Waals surface area (Å²) in [5.74, 6) is 0.803. The fourth-order valence-electron chi connectivity index (χ4n) is 1.99. The highest BCUT2D eigenvalue weighted by Gasteiger charge is 2.09. The second-order valence-electron chi connectivity index (χ2n) is 4.02. The number of aryl methyl sites for hydroxylation is 2. The molecule has 0 aromatic heterocycles. The van der Waals surface area contributed by atoms with Crippen LogP contribution in [0.2, 0.25) is 0 Å². The summed E-state index contributed by atoms with van der Waals surface area (Å²) in [6, 6.07) is 6.58. The minimum Gasteiger partial charge on any atom is -0.409 e. The van der Waals surface area contributed by atoms with Crippen molar-refractivity contribution in [3.63, 3.8) is 0 Å². The Balaban J connectivity index is 0.00000144. The summed E-state index contributed by atoms with van der Waals surface area (Å²) in [5.41, 5.74) is 8.39. The Morgan fingerprint density at radius 1 is 1.29 bits per heavy atom. The highest BCUT2D eigenvalue weighted by molar-refractivity contribution is 8.00. The minimum absolute atomic E-state index is 0. The van der Waals surface area contributed by atoms with Gasteiger partial charge in [-0.3, -0.25) is 0 Å². The Kier molecular flexibility index (Phi) is 5.65. The molecule has 0 unspecified atom stereocenters. The van der Waals surface area contributed by atoms with E-state index >= 15 is 0 Å². The molecule has 0 bridgehead atoms. The first-order valence-corrected chi connectivity index (χ1v) is 6.49. The van der Waals surface area contributed by atoms with Crippen LogP contribution in [0.15, 0.2) is 28.3 Å². The van der Waals surface area contributed by atoms with Gasteiger partial charge >= 0.3 is 0 Å². The Bertz CT molecular complexity index is 409. The average molecular weight is 273 g/mol. The first-order chi connectivity index (χ1) is 7.79. The maximum absolute atomic E-state index is 8.45. The summed E-state index contributed by atoms with van der Waals surface area (Å²) in [5, 5.41) is 11.4. The van der Waals surface area contributed by atoms with Crippen LogP contribution < -0.4 is 5.73 Å². The Labute approximate surface area is 112 Å². The van der Waals surface area contributed by atoms with Gasteiger partial charge in [0.15, 0.2) is 0 Å². The van der Waals surface area contributed by atoms with Crippen LogP contribution in [0.25, 0.3) is 0 Å². The first-order valence-electron chi connectivity index (χ1n) is 5.50. The zero-order chi connectivity index (χ0) is 11.4. The van der Waals surface area contributed by atoms with Crippen molar-refractivity contribution in [2.75, 3.05) is 5.75 Å². The van der Waals surface area contributed by atoms with E-state index in [0.29, 0.717) is 5.75 Å². The van der Waals surface area contributed by atoms with Crippen molar-refractivity contribution in [1.82, 2.24) is 0 Å². The smallest absolute Gasteiger partial charge is 0.149 e. The molecule has 3 nitrogen and oxygen atoms in total. The van der Waals surface area contributed by atoms with Crippen LogP contribution in [0.1, 0.15) is 24.0 Å². The monoisotopic (exact) mass is 272 g/mol. The average Bonchev–Trinajstić information content (AvgIpc) is 2.35. The Hall–Kier alpha value is -0.870. The molecule has 17 heavy (non-hydrogen) atoms. The van der Waals surface area contributed by atoms with E-state index in [4.69, 9.17) is 10.9 Å². The van der Waals surface area contributed by atoms with Crippen LogP contribution in [0.3, 0.4) is 0 Å². The van der Waals surface area contributed by atoms with Crippen molar-refractivity contribution in [2.45, 2.75) is 30.6 Å². The molecule has 5 heteroatoms. The van der Waals surface area contributed by atoms with E-state index in [0.717, 1.165) is 0 Å². The summed E-state index contributed by atoms with van der Waals surface area (Å²) >= 11 is 1.61. The second-order valence-corrected chi connectivity index (χ2v) is 5.07. The number of halogens is 1. The number of thioether (sulfide) groups is 1. The molecule has 1 aromatic carbocycles. The number of rotatable bonds is 3. The fourth-order valence-corrected chi connectivity index (χ4v) is 2.75.